The average molecular weight is 409 g/mol. The summed E-state index contributed by atoms with van der Waals surface area (Å²) in [5, 5.41) is 3.99. The Bertz CT molecular complexity index is 1220. The number of fused-ring (bicyclic) bond motifs is 2. The molecule has 31 heavy (non-hydrogen) atoms. The van der Waals surface area contributed by atoms with Gasteiger partial charge in [0.25, 0.3) is 5.91 Å². The number of nitrogens with zero attached hydrogens (tertiary/aromatic N) is 3. The fraction of sp³-hybridized carbons (Fsp3) is 0.192. The van der Waals surface area contributed by atoms with E-state index in [1.54, 1.807) is 12.4 Å². The fourth-order valence-electron chi connectivity index (χ4n) is 4.20. The van der Waals surface area contributed by atoms with Crippen LogP contribution in [0.5, 0.6) is 0 Å². The lowest BCUT2D eigenvalue weighted by atomic mass is 10.00. The van der Waals surface area contributed by atoms with E-state index >= 15 is 0 Å². The molecule has 2 aromatic carbocycles. The Morgan fingerprint density at radius 3 is 2.61 bits per heavy atom. The first-order chi connectivity index (χ1) is 15.3. The molecule has 1 aliphatic heterocycles. The molecule has 0 unspecified atom stereocenters. The number of amides is 1. The van der Waals surface area contributed by atoms with Crippen molar-refractivity contribution in [3.8, 4) is 11.3 Å². The molecule has 2 aromatic heterocycles. The van der Waals surface area contributed by atoms with Crippen molar-refractivity contribution in [1.82, 2.24) is 20.2 Å². The lowest BCUT2D eigenvalue weighted by Crippen LogP contribution is -2.37. The van der Waals surface area contributed by atoms with Crippen molar-refractivity contribution < 1.29 is 4.79 Å². The minimum absolute atomic E-state index is 0.0636. The number of carbonyl (C=O) groups excluding carboxylic acids is 1. The molecule has 1 N–H and O–H groups in total. The molecule has 4 aromatic rings. The van der Waals surface area contributed by atoms with Crippen molar-refractivity contribution in [2.24, 2.45) is 0 Å². The van der Waals surface area contributed by atoms with Crippen LogP contribution < -0.4 is 5.32 Å². The molecular weight excluding hydrogens is 384 g/mol. The number of nitrogens with one attached hydrogen (secondary N) is 1. The Labute approximate surface area is 181 Å². The second kappa shape index (κ2) is 8.66. The first-order valence-corrected chi connectivity index (χ1v) is 10.7. The quantitative estimate of drug-likeness (QED) is 0.541. The SMILES string of the molecule is O=C(NCCN1CCc2ccccc2C1)c1cc(-c2ccncc2)nc2ccccc12. The van der Waals surface area contributed by atoms with E-state index in [9.17, 15) is 4.79 Å². The lowest BCUT2D eigenvalue weighted by molar-refractivity contribution is 0.0949. The van der Waals surface area contributed by atoms with E-state index in [1.807, 2.05) is 42.5 Å². The lowest BCUT2D eigenvalue weighted by Gasteiger charge is -2.28. The number of benzene rings is 2. The summed E-state index contributed by atoms with van der Waals surface area (Å²) in [4.78, 5) is 24.3. The number of hydrogen-bond donors (Lipinski definition) is 1. The average Bonchev–Trinajstić information content (AvgIpc) is 2.83. The highest BCUT2D eigenvalue weighted by Crippen LogP contribution is 2.24. The summed E-state index contributed by atoms with van der Waals surface area (Å²) in [5.41, 5.74) is 6.02. The molecule has 0 fully saturated rings. The summed E-state index contributed by atoms with van der Waals surface area (Å²) >= 11 is 0. The van der Waals surface area contributed by atoms with Gasteiger partial charge in [-0.15, -0.1) is 0 Å². The zero-order valence-corrected chi connectivity index (χ0v) is 17.3. The Balaban J connectivity index is 1.32. The predicted molar refractivity (Wildman–Crippen MR) is 123 cm³/mol. The molecule has 3 heterocycles. The van der Waals surface area contributed by atoms with Gasteiger partial charge in [0.05, 0.1) is 16.8 Å². The summed E-state index contributed by atoms with van der Waals surface area (Å²) in [5.74, 6) is -0.0636. The molecule has 5 nitrogen and oxygen atoms in total. The normalized spacial score (nSPS) is 13.7. The molecule has 0 bridgehead atoms. The maximum absolute atomic E-state index is 13.1. The molecular formula is C26H24N4O. The second-order valence-corrected chi connectivity index (χ2v) is 7.86. The standard InChI is InChI=1S/C26H24N4O/c31-26(28-14-16-30-15-11-19-5-1-2-6-21(19)18-30)23-17-25(20-9-12-27-13-10-20)29-24-8-4-3-7-22(23)24/h1-10,12-13,17H,11,14-16,18H2,(H,28,31). The van der Waals surface area contributed by atoms with Gasteiger partial charge in [0.2, 0.25) is 0 Å². The van der Waals surface area contributed by atoms with Gasteiger partial charge < -0.3 is 5.32 Å². The topological polar surface area (TPSA) is 58.1 Å². The molecule has 0 saturated carbocycles. The summed E-state index contributed by atoms with van der Waals surface area (Å²) < 4.78 is 0. The van der Waals surface area contributed by atoms with E-state index in [-0.39, 0.29) is 5.91 Å². The smallest absolute Gasteiger partial charge is 0.252 e. The summed E-state index contributed by atoms with van der Waals surface area (Å²) in [7, 11) is 0. The Hall–Kier alpha value is -3.57. The van der Waals surface area contributed by atoms with E-state index in [2.05, 4.69) is 39.5 Å². The molecule has 0 radical (unpaired) electrons. The van der Waals surface area contributed by atoms with E-state index in [0.29, 0.717) is 12.1 Å². The number of carbonyl (C=O) groups is 1. The van der Waals surface area contributed by atoms with Gasteiger partial charge in [-0.1, -0.05) is 42.5 Å². The van der Waals surface area contributed by atoms with Crippen LogP contribution in [0, 0.1) is 0 Å². The van der Waals surface area contributed by atoms with E-state index in [0.717, 1.165) is 48.2 Å². The van der Waals surface area contributed by atoms with Gasteiger partial charge in [-0.05, 0) is 41.8 Å². The number of para-hydroxylation sites is 1. The Kier molecular flexibility index (Phi) is 5.42. The first kappa shape index (κ1) is 19.4. The third kappa shape index (κ3) is 4.18. The van der Waals surface area contributed by atoms with E-state index in [4.69, 9.17) is 4.98 Å². The van der Waals surface area contributed by atoms with Gasteiger partial charge in [-0.3, -0.25) is 14.7 Å². The van der Waals surface area contributed by atoms with Crippen molar-refractivity contribution in [2.45, 2.75) is 13.0 Å². The number of hydrogen-bond acceptors (Lipinski definition) is 4. The van der Waals surface area contributed by atoms with Crippen LogP contribution in [-0.4, -0.2) is 40.4 Å². The van der Waals surface area contributed by atoms with Crippen LogP contribution in [0.3, 0.4) is 0 Å². The number of aromatic nitrogens is 2. The minimum Gasteiger partial charge on any atom is -0.351 e. The zero-order chi connectivity index (χ0) is 21.0. The van der Waals surface area contributed by atoms with Crippen LogP contribution in [0.2, 0.25) is 0 Å². The van der Waals surface area contributed by atoms with Crippen LogP contribution in [-0.2, 0) is 13.0 Å². The van der Waals surface area contributed by atoms with Crippen LogP contribution in [0.25, 0.3) is 22.2 Å². The highest BCUT2D eigenvalue weighted by molar-refractivity contribution is 6.07. The summed E-state index contributed by atoms with van der Waals surface area (Å²) in [6.07, 6.45) is 4.54. The summed E-state index contributed by atoms with van der Waals surface area (Å²) in [6, 6.07) is 22.1. The third-order valence-corrected chi connectivity index (χ3v) is 5.86. The largest absolute Gasteiger partial charge is 0.351 e. The van der Waals surface area contributed by atoms with Gasteiger partial charge in [0.1, 0.15) is 0 Å². The Morgan fingerprint density at radius 1 is 0.968 bits per heavy atom. The second-order valence-electron chi connectivity index (χ2n) is 7.86. The monoisotopic (exact) mass is 408 g/mol. The van der Waals surface area contributed by atoms with Gasteiger partial charge in [0.15, 0.2) is 0 Å². The molecule has 1 amide bonds. The van der Waals surface area contributed by atoms with Gasteiger partial charge in [-0.25, -0.2) is 4.98 Å². The first-order valence-electron chi connectivity index (χ1n) is 10.7. The number of rotatable bonds is 5. The Morgan fingerprint density at radius 2 is 1.74 bits per heavy atom. The molecule has 154 valence electrons. The number of pyridine rings is 2. The van der Waals surface area contributed by atoms with Crippen LogP contribution in [0.1, 0.15) is 21.5 Å². The highest BCUT2D eigenvalue weighted by Gasteiger charge is 2.17. The molecule has 0 saturated heterocycles. The highest BCUT2D eigenvalue weighted by atomic mass is 16.1. The molecule has 0 aliphatic carbocycles. The van der Waals surface area contributed by atoms with Crippen molar-refractivity contribution >= 4 is 16.8 Å². The van der Waals surface area contributed by atoms with Crippen molar-refractivity contribution in [2.75, 3.05) is 19.6 Å². The van der Waals surface area contributed by atoms with Gasteiger partial charge in [0, 0.05) is 49.5 Å². The molecule has 1 aliphatic rings. The van der Waals surface area contributed by atoms with E-state index < -0.39 is 0 Å². The minimum atomic E-state index is -0.0636. The third-order valence-electron chi connectivity index (χ3n) is 5.86. The van der Waals surface area contributed by atoms with Gasteiger partial charge in [-0.2, -0.15) is 0 Å². The van der Waals surface area contributed by atoms with Crippen LogP contribution in [0.15, 0.2) is 79.1 Å². The van der Waals surface area contributed by atoms with E-state index in [1.165, 1.54) is 11.1 Å². The van der Waals surface area contributed by atoms with Crippen molar-refractivity contribution in [3.05, 3.63) is 95.8 Å². The predicted octanol–water partition coefficient (Wildman–Crippen LogP) is 4.08. The maximum atomic E-state index is 13.1. The van der Waals surface area contributed by atoms with Crippen molar-refractivity contribution in [1.29, 1.82) is 0 Å². The fourth-order valence-corrected chi connectivity index (χ4v) is 4.20. The molecule has 0 atom stereocenters. The molecule has 5 heteroatoms. The zero-order valence-electron chi connectivity index (χ0n) is 17.3. The van der Waals surface area contributed by atoms with Crippen LogP contribution >= 0.6 is 0 Å². The van der Waals surface area contributed by atoms with Crippen LogP contribution in [0.4, 0.5) is 0 Å². The van der Waals surface area contributed by atoms with Gasteiger partial charge >= 0.3 is 0 Å². The summed E-state index contributed by atoms with van der Waals surface area (Å²) in [6.45, 7) is 3.41. The van der Waals surface area contributed by atoms with Crippen molar-refractivity contribution in [3.63, 3.8) is 0 Å². The molecule has 0 spiro atoms. The molecule has 5 rings (SSSR count). The maximum Gasteiger partial charge on any atom is 0.252 e.